The highest BCUT2D eigenvalue weighted by molar-refractivity contribution is 7.98. The lowest BCUT2D eigenvalue weighted by molar-refractivity contribution is 0.139. The first-order chi connectivity index (χ1) is 18.2. The van der Waals surface area contributed by atoms with Gasteiger partial charge in [0, 0.05) is 18.5 Å². The van der Waals surface area contributed by atoms with Crippen LogP contribution in [-0.4, -0.2) is 48.1 Å². The number of benzene rings is 2. The second-order valence-corrected chi connectivity index (χ2v) is 10.9. The molecular formula is C26H32N4O6S2. The van der Waals surface area contributed by atoms with E-state index in [2.05, 4.69) is 21.9 Å². The van der Waals surface area contributed by atoms with Crippen molar-refractivity contribution in [2.24, 2.45) is 0 Å². The second kappa shape index (κ2) is 13.3. The number of carbonyl (C=O) groups is 2. The molecule has 0 saturated carbocycles. The highest BCUT2D eigenvalue weighted by atomic mass is 32.2. The van der Waals surface area contributed by atoms with Crippen LogP contribution >= 0.6 is 11.8 Å². The molecule has 3 rings (SSSR count). The summed E-state index contributed by atoms with van der Waals surface area (Å²) >= 11 is 1.32. The van der Waals surface area contributed by atoms with Crippen LogP contribution in [-0.2, 0) is 23.0 Å². The van der Waals surface area contributed by atoms with E-state index < -0.39 is 22.2 Å². The molecule has 1 aromatic heterocycles. The molecule has 0 bridgehead atoms. The molecule has 204 valence electrons. The maximum Gasteiger partial charge on any atom is 0.512 e. The third-order valence-corrected chi connectivity index (χ3v) is 7.69. The van der Waals surface area contributed by atoms with Gasteiger partial charge in [-0.05, 0) is 36.3 Å². The van der Waals surface area contributed by atoms with Gasteiger partial charge in [0.15, 0.2) is 5.03 Å². The smallest absolute Gasteiger partial charge is 0.449 e. The highest BCUT2D eigenvalue weighted by Gasteiger charge is 2.23. The molecule has 12 heteroatoms. The van der Waals surface area contributed by atoms with Gasteiger partial charge >= 0.3 is 12.2 Å². The van der Waals surface area contributed by atoms with Crippen LogP contribution in [0.25, 0.3) is 11.1 Å². The minimum Gasteiger partial charge on any atom is -0.449 e. The van der Waals surface area contributed by atoms with Crippen molar-refractivity contribution in [1.82, 2.24) is 19.6 Å². The Labute approximate surface area is 226 Å². The first-order valence-corrected chi connectivity index (χ1v) is 14.9. The number of carbonyl (C=O) groups excluding carboxylic acids is 1. The second-order valence-electron chi connectivity index (χ2n) is 8.45. The molecule has 0 aliphatic heterocycles. The molecule has 0 spiro atoms. The molecule has 0 unspecified atom stereocenters. The van der Waals surface area contributed by atoms with Crippen LogP contribution in [0.5, 0.6) is 5.88 Å². The molecule has 0 aliphatic carbocycles. The molecule has 0 aliphatic rings. The number of hydrogen-bond donors (Lipinski definition) is 3. The number of amides is 2. The fourth-order valence-corrected chi connectivity index (χ4v) is 5.51. The topological polar surface area (TPSA) is 140 Å². The van der Waals surface area contributed by atoms with Gasteiger partial charge in [0.05, 0.1) is 11.4 Å². The first kappa shape index (κ1) is 29.1. The summed E-state index contributed by atoms with van der Waals surface area (Å²) in [5, 5.41) is 12.3. The molecule has 38 heavy (non-hydrogen) atoms. The van der Waals surface area contributed by atoms with Gasteiger partial charge in [0.1, 0.15) is 5.82 Å². The number of urea groups is 1. The largest absolute Gasteiger partial charge is 0.512 e. The van der Waals surface area contributed by atoms with Gasteiger partial charge in [-0.25, -0.2) is 27.7 Å². The Morgan fingerprint density at radius 3 is 2.42 bits per heavy atom. The molecule has 10 nitrogen and oxygen atoms in total. The number of imidazole rings is 1. The maximum atomic E-state index is 12.9. The van der Waals surface area contributed by atoms with Gasteiger partial charge in [-0.2, -0.15) is 0 Å². The Hall–Kier alpha value is -3.51. The summed E-state index contributed by atoms with van der Waals surface area (Å²) in [5.74, 6) is 0.921. The van der Waals surface area contributed by atoms with E-state index in [4.69, 9.17) is 4.74 Å². The number of unbranched alkanes of at least 4 members (excludes halogenated alkanes) is 1. The van der Waals surface area contributed by atoms with Gasteiger partial charge in [-0.1, -0.05) is 62.7 Å². The van der Waals surface area contributed by atoms with Crippen molar-refractivity contribution < 1.29 is 27.9 Å². The van der Waals surface area contributed by atoms with Crippen LogP contribution in [0.2, 0.25) is 0 Å². The third kappa shape index (κ3) is 7.29. The van der Waals surface area contributed by atoms with Crippen molar-refractivity contribution in [3.8, 4) is 17.0 Å². The van der Waals surface area contributed by atoms with Crippen LogP contribution in [0.4, 0.5) is 9.59 Å². The van der Waals surface area contributed by atoms with Crippen molar-refractivity contribution >= 4 is 34.0 Å². The SMILES string of the molecule is CCCCc1nc(SC)c(OC(=O)O)n1Cc1ccc(-c2ccccc2S(=O)(=O)NC(=O)NCCC)cc1. The standard InChI is InChI=1S/C26H32N4O6S2/c1-4-6-11-22-28-23(37-3)24(36-26(32)33)30(22)17-18-12-14-19(15-13-18)20-9-7-8-10-21(20)38(34,35)29-25(31)27-16-5-2/h7-10,12-15H,4-6,11,16-17H2,1-3H3,(H,32,33)(H2,27,29,31). The third-order valence-electron chi connectivity index (χ3n) is 5.65. The van der Waals surface area contributed by atoms with Crippen LogP contribution in [0.15, 0.2) is 58.5 Å². The average molecular weight is 561 g/mol. The molecule has 1 heterocycles. The number of carboxylic acid groups (broad SMARTS) is 1. The number of aromatic nitrogens is 2. The molecule has 0 atom stereocenters. The zero-order chi connectivity index (χ0) is 27.7. The lowest BCUT2D eigenvalue weighted by Gasteiger charge is -2.14. The van der Waals surface area contributed by atoms with Crippen molar-refractivity contribution in [2.45, 2.75) is 56.0 Å². The average Bonchev–Trinajstić information content (AvgIpc) is 3.21. The molecule has 3 aromatic rings. The summed E-state index contributed by atoms with van der Waals surface area (Å²) in [5.41, 5.74) is 1.94. The fourth-order valence-electron chi connectivity index (χ4n) is 3.82. The Morgan fingerprint density at radius 1 is 1.08 bits per heavy atom. The number of hydrogen-bond acceptors (Lipinski definition) is 7. The quantitative estimate of drug-likeness (QED) is 0.205. The lowest BCUT2D eigenvalue weighted by atomic mass is 10.0. The maximum absolute atomic E-state index is 12.9. The van der Waals surface area contributed by atoms with E-state index in [-0.39, 0.29) is 10.8 Å². The number of nitrogens with one attached hydrogen (secondary N) is 2. The number of ether oxygens (including phenoxy) is 1. The van der Waals surface area contributed by atoms with Gasteiger partial charge in [0.2, 0.25) is 5.88 Å². The van der Waals surface area contributed by atoms with Gasteiger partial charge in [-0.3, -0.25) is 4.57 Å². The summed E-state index contributed by atoms with van der Waals surface area (Å²) in [7, 11) is -4.11. The Bertz CT molecular complexity index is 1370. The minimum atomic E-state index is -4.11. The van der Waals surface area contributed by atoms with Crippen molar-refractivity contribution in [3.63, 3.8) is 0 Å². The van der Waals surface area contributed by atoms with Crippen LogP contribution in [0, 0.1) is 0 Å². The zero-order valence-electron chi connectivity index (χ0n) is 21.6. The first-order valence-electron chi connectivity index (χ1n) is 12.2. The van der Waals surface area contributed by atoms with E-state index in [1.165, 1.54) is 17.8 Å². The van der Waals surface area contributed by atoms with Crippen molar-refractivity contribution in [1.29, 1.82) is 0 Å². The fraction of sp³-hybridized carbons (Fsp3) is 0.346. The van der Waals surface area contributed by atoms with Crippen LogP contribution in [0.1, 0.15) is 44.5 Å². The van der Waals surface area contributed by atoms with Gasteiger partial charge in [-0.15, -0.1) is 11.8 Å². The number of nitrogens with zero attached hydrogens (tertiary/aromatic N) is 2. The van der Waals surface area contributed by atoms with Crippen molar-refractivity contribution in [3.05, 3.63) is 59.9 Å². The molecular weight excluding hydrogens is 528 g/mol. The van der Waals surface area contributed by atoms with E-state index in [0.717, 1.165) is 24.2 Å². The monoisotopic (exact) mass is 560 g/mol. The zero-order valence-corrected chi connectivity index (χ0v) is 23.2. The number of aryl methyl sites for hydroxylation is 1. The van der Waals surface area contributed by atoms with Gasteiger partial charge < -0.3 is 15.2 Å². The highest BCUT2D eigenvalue weighted by Crippen LogP contribution is 2.32. The number of thioether (sulfide) groups is 1. The number of sulfonamides is 1. The molecule has 0 saturated heterocycles. The normalized spacial score (nSPS) is 11.2. The predicted molar refractivity (Wildman–Crippen MR) is 146 cm³/mol. The van der Waals surface area contributed by atoms with E-state index in [1.807, 2.05) is 25.3 Å². The molecule has 2 amide bonds. The molecule has 0 radical (unpaired) electrons. The van der Waals surface area contributed by atoms with Crippen LogP contribution in [0.3, 0.4) is 0 Å². The van der Waals surface area contributed by atoms with Crippen molar-refractivity contribution in [2.75, 3.05) is 12.8 Å². The molecule has 2 aromatic carbocycles. The van der Waals surface area contributed by atoms with E-state index >= 15 is 0 Å². The summed E-state index contributed by atoms with van der Waals surface area (Å²) in [6.45, 7) is 4.63. The number of rotatable bonds is 12. The van der Waals surface area contributed by atoms with Crippen LogP contribution < -0.4 is 14.8 Å². The summed E-state index contributed by atoms with van der Waals surface area (Å²) in [6, 6.07) is 12.9. The lowest BCUT2D eigenvalue weighted by Crippen LogP contribution is -2.39. The Balaban J connectivity index is 1.91. The Morgan fingerprint density at radius 2 is 1.79 bits per heavy atom. The molecule has 0 fully saturated rings. The van der Waals surface area contributed by atoms with E-state index in [1.54, 1.807) is 34.9 Å². The summed E-state index contributed by atoms with van der Waals surface area (Å²) in [4.78, 5) is 27.9. The van der Waals surface area contributed by atoms with Gasteiger partial charge in [0.25, 0.3) is 10.0 Å². The summed E-state index contributed by atoms with van der Waals surface area (Å²) < 4.78 is 34.8. The Kier molecular flexibility index (Phi) is 10.2. The predicted octanol–water partition coefficient (Wildman–Crippen LogP) is 5.12. The summed E-state index contributed by atoms with van der Waals surface area (Å²) in [6.07, 6.45) is 3.61. The minimum absolute atomic E-state index is 0.0161. The van der Waals surface area contributed by atoms with E-state index in [0.29, 0.717) is 42.1 Å². The molecule has 3 N–H and O–H groups in total. The van der Waals surface area contributed by atoms with E-state index in [9.17, 15) is 23.1 Å².